The van der Waals surface area contributed by atoms with E-state index in [9.17, 15) is 0 Å². The minimum absolute atomic E-state index is 0.238. The van der Waals surface area contributed by atoms with Crippen LogP contribution < -0.4 is 11.3 Å². The number of hydrazine groups is 1. The third kappa shape index (κ3) is 1.63. The third-order valence-electron chi connectivity index (χ3n) is 2.51. The summed E-state index contributed by atoms with van der Waals surface area (Å²) in [4.78, 5) is 0. The molecule has 72 valence electrons. The standard InChI is InChI=1S/C8H13BrN4/c1-13-8(6(9)4-11-13)7(12-10)5-2-3-5/h4-5,7,12H,2-3,10H2,1H3. The van der Waals surface area contributed by atoms with E-state index >= 15 is 0 Å². The van der Waals surface area contributed by atoms with E-state index < -0.39 is 0 Å². The van der Waals surface area contributed by atoms with E-state index in [4.69, 9.17) is 5.84 Å². The molecule has 0 aromatic carbocycles. The largest absolute Gasteiger partial charge is 0.271 e. The lowest BCUT2D eigenvalue weighted by Crippen LogP contribution is -2.31. The summed E-state index contributed by atoms with van der Waals surface area (Å²) < 4.78 is 2.90. The molecule has 3 N–H and O–H groups in total. The van der Waals surface area contributed by atoms with Crippen LogP contribution >= 0.6 is 15.9 Å². The fourth-order valence-corrected chi connectivity index (χ4v) is 2.23. The minimum Gasteiger partial charge on any atom is -0.271 e. The van der Waals surface area contributed by atoms with E-state index in [0.717, 1.165) is 10.2 Å². The number of hydrogen-bond donors (Lipinski definition) is 2. The zero-order valence-electron chi connectivity index (χ0n) is 7.50. The van der Waals surface area contributed by atoms with Gasteiger partial charge in [0.2, 0.25) is 0 Å². The Morgan fingerprint density at radius 2 is 2.46 bits per heavy atom. The van der Waals surface area contributed by atoms with Crippen molar-refractivity contribution in [3.8, 4) is 0 Å². The molecule has 0 radical (unpaired) electrons. The molecule has 1 heterocycles. The third-order valence-corrected chi connectivity index (χ3v) is 3.12. The van der Waals surface area contributed by atoms with Gasteiger partial charge in [-0.3, -0.25) is 16.0 Å². The molecule has 1 saturated carbocycles. The summed E-state index contributed by atoms with van der Waals surface area (Å²) >= 11 is 3.48. The molecule has 1 aliphatic rings. The zero-order valence-corrected chi connectivity index (χ0v) is 9.08. The second-order valence-electron chi connectivity index (χ2n) is 3.48. The fraction of sp³-hybridized carbons (Fsp3) is 0.625. The Balaban J connectivity index is 2.30. The highest BCUT2D eigenvalue weighted by Gasteiger charge is 2.34. The second-order valence-corrected chi connectivity index (χ2v) is 4.34. The molecule has 1 atom stereocenters. The van der Waals surface area contributed by atoms with E-state index in [-0.39, 0.29) is 6.04 Å². The van der Waals surface area contributed by atoms with Crippen LogP contribution in [0.2, 0.25) is 0 Å². The first kappa shape index (κ1) is 9.18. The Kier molecular flexibility index (Phi) is 2.40. The van der Waals surface area contributed by atoms with Crippen LogP contribution in [0.15, 0.2) is 10.7 Å². The van der Waals surface area contributed by atoms with Crippen molar-refractivity contribution in [2.45, 2.75) is 18.9 Å². The number of halogens is 1. The average molecular weight is 245 g/mol. The molecule has 4 nitrogen and oxygen atoms in total. The fourth-order valence-electron chi connectivity index (χ4n) is 1.64. The molecule has 1 aromatic heterocycles. The second kappa shape index (κ2) is 3.40. The number of hydrogen-bond acceptors (Lipinski definition) is 3. The Labute approximate surface area is 85.6 Å². The van der Waals surface area contributed by atoms with E-state index in [0.29, 0.717) is 5.92 Å². The molecule has 0 saturated heterocycles. The summed E-state index contributed by atoms with van der Waals surface area (Å²) in [6, 6.07) is 0.238. The van der Waals surface area contributed by atoms with Gasteiger partial charge >= 0.3 is 0 Å². The van der Waals surface area contributed by atoms with Crippen molar-refractivity contribution in [2.75, 3.05) is 0 Å². The summed E-state index contributed by atoms with van der Waals surface area (Å²) in [6.07, 6.45) is 4.32. The summed E-state index contributed by atoms with van der Waals surface area (Å²) in [5, 5.41) is 4.17. The van der Waals surface area contributed by atoms with Crippen molar-refractivity contribution >= 4 is 15.9 Å². The quantitative estimate of drug-likeness (QED) is 0.619. The van der Waals surface area contributed by atoms with Crippen LogP contribution in [0.4, 0.5) is 0 Å². The van der Waals surface area contributed by atoms with Gasteiger partial charge in [-0.1, -0.05) is 0 Å². The number of rotatable bonds is 3. The predicted molar refractivity (Wildman–Crippen MR) is 53.7 cm³/mol. The van der Waals surface area contributed by atoms with Gasteiger partial charge in [-0.15, -0.1) is 0 Å². The molecule has 1 fully saturated rings. The average Bonchev–Trinajstić information content (AvgIpc) is 2.88. The van der Waals surface area contributed by atoms with Crippen LogP contribution in [-0.4, -0.2) is 9.78 Å². The number of aryl methyl sites for hydroxylation is 1. The van der Waals surface area contributed by atoms with E-state index in [1.807, 2.05) is 17.9 Å². The molecule has 0 aliphatic heterocycles. The Morgan fingerprint density at radius 3 is 2.85 bits per heavy atom. The summed E-state index contributed by atoms with van der Waals surface area (Å²) in [7, 11) is 1.94. The molecular weight excluding hydrogens is 232 g/mol. The predicted octanol–water partition coefficient (Wildman–Crippen LogP) is 1.10. The number of nitrogens with two attached hydrogens (primary N) is 1. The van der Waals surface area contributed by atoms with Crippen molar-refractivity contribution < 1.29 is 0 Å². The summed E-state index contributed by atoms with van der Waals surface area (Å²) in [5.74, 6) is 6.21. The van der Waals surface area contributed by atoms with Crippen molar-refractivity contribution in [1.29, 1.82) is 0 Å². The van der Waals surface area contributed by atoms with E-state index in [1.54, 1.807) is 0 Å². The highest BCUT2D eigenvalue weighted by molar-refractivity contribution is 9.10. The zero-order chi connectivity index (χ0) is 9.42. The molecule has 5 heteroatoms. The van der Waals surface area contributed by atoms with Gasteiger partial charge in [0.1, 0.15) is 0 Å². The first-order valence-electron chi connectivity index (χ1n) is 4.37. The van der Waals surface area contributed by atoms with E-state index in [1.165, 1.54) is 12.8 Å². The normalized spacial score (nSPS) is 19.0. The first-order valence-corrected chi connectivity index (χ1v) is 5.17. The van der Waals surface area contributed by atoms with Gasteiger partial charge in [0, 0.05) is 7.05 Å². The molecule has 2 rings (SSSR count). The Hall–Kier alpha value is -0.390. The van der Waals surface area contributed by atoms with Gasteiger partial charge in [0.25, 0.3) is 0 Å². The van der Waals surface area contributed by atoms with E-state index in [2.05, 4.69) is 26.5 Å². The van der Waals surface area contributed by atoms with Crippen molar-refractivity contribution in [1.82, 2.24) is 15.2 Å². The molecular formula is C8H13BrN4. The minimum atomic E-state index is 0.238. The highest BCUT2D eigenvalue weighted by Crippen LogP contribution is 2.42. The van der Waals surface area contributed by atoms with Crippen LogP contribution in [0.1, 0.15) is 24.6 Å². The Morgan fingerprint density at radius 1 is 1.77 bits per heavy atom. The lowest BCUT2D eigenvalue weighted by atomic mass is 10.1. The number of nitrogens with one attached hydrogen (secondary N) is 1. The van der Waals surface area contributed by atoms with Crippen LogP contribution in [0.25, 0.3) is 0 Å². The topological polar surface area (TPSA) is 55.9 Å². The SMILES string of the molecule is Cn1ncc(Br)c1C(NN)C1CC1. The molecule has 0 amide bonds. The maximum absolute atomic E-state index is 5.53. The van der Waals surface area contributed by atoms with Crippen molar-refractivity contribution in [2.24, 2.45) is 18.8 Å². The van der Waals surface area contributed by atoms with Gasteiger partial charge in [0.05, 0.1) is 22.4 Å². The van der Waals surface area contributed by atoms with Gasteiger partial charge < -0.3 is 0 Å². The Bertz CT molecular complexity index is 286. The lowest BCUT2D eigenvalue weighted by molar-refractivity contribution is 0.461. The van der Waals surface area contributed by atoms with Crippen molar-refractivity contribution in [3.05, 3.63) is 16.4 Å². The molecule has 1 aliphatic carbocycles. The van der Waals surface area contributed by atoms with Gasteiger partial charge in [0.15, 0.2) is 0 Å². The van der Waals surface area contributed by atoms with Crippen LogP contribution in [0, 0.1) is 5.92 Å². The van der Waals surface area contributed by atoms with Gasteiger partial charge in [-0.25, -0.2) is 0 Å². The smallest absolute Gasteiger partial charge is 0.0708 e. The lowest BCUT2D eigenvalue weighted by Gasteiger charge is -2.15. The van der Waals surface area contributed by atoms with Gasteiger partial charge in [-0.05, 0) is 34.7 Å². The maximum atomic E-state index is 5.53. The molecule has 0 spiro atoms. The van der Waals surface area contributed by atoms with Crippen molar-refractivity contribution in [3.63, 3.8) is 0 Å². The van der Waals surface area contributed by atoms with Crippen LogP contribution in [0.5, 0.6) is 0 Å². The molecule has 1 unspecified atom stereocenters. The molecule has 13 heavy (non-hydrogen) atoms. The number of aromatic nitrogens is 2. The van der Waals surface area contributed by atoms with Crippen LogP contribution in [0.3, 0.4) is 0 Å². The number of nitrogens with zero attached hydrogens (tertiary/aromatic N) is 2. The highest BCUT2D eigenvalue weighted by atomic mass is 79.9. The first-order chi connectivity index (χ1) is 6.24. The summed E-state index contributed by atoms with van der Waals surface area (Å²) in [6.45, 7) is 0. The monoisotopic (exact) mass is 244 g/mol. The van der Waals surface area contributed by atoms with Crippen LogP contribution in [-0.2, 0) is 7.05 Å². The molecule has 0 bridgehead atoms. The molecule has 1 aromatic rings. The summed E-state index contributed by atoms with van der Waals surface area (Å²) in [5.41, 5.74) is 4.00. The van der Waals surface area contributed by atoms with Gasteiger partial charge in [-0.2, -0.15) is 5.10 Å². The maximum Gasteiger partial charge on any atom is 0.0708 e.